The molecule has 1 aromatic carbocycles. The van der Waals surface area contributed by atoms with E-state index in [0.717, 1.165) is 24.3 Å². The Labute approximate surface area is 145 Å². The van der Waals surface area contributed by atoms with Crippen molar-refractivity contribution in [3.05, 3.63) is 29.8 Å². The lowest BCUT2D eigenvalue weighted by atomic mass is 10.1. The molecule has 0 spiro atoms. The molecule has 1 unspecified atom stereocenters. The molecule has 126 valence electrons. The summed E-state index contributed by atoms with van der Waals surface area (Å²) in [4.78, 5) is 16.6. The largest absolute Gasteiger partial charge is 0.399 e. The number of likely N-dealkylation sites (tertiary alicyclic amines) is 1. The van der Waals surface area contributed by atoms with E-state index in [1.807, 2.05) is 36.2 Å². The third-order valence-corrected chi connectivity index (χ3v) is 4.15. The summed E-state index contributed by atoms with van der Waals surface area (Å²) < 4.78 is 0. The van der Waals surface area contributed by atoms with E-state index in [1.54, 1.807) is 0 Å². The summed E-state index contributed by atoms with van der Waals surface area (Å²) in [5, 5.41) is 0. The number of likely N-dealkylation sites (N-methyl/N-ethyl adjacent to an activating group) is 2. The number of halogens is 2. The lowest BCUT2D eigenvalue weighted by Crippen LogP contribution is -2.41. The molecule has 2 rings (SSSR count). The number of nitrogen functional groups attached to an aromatic ring is 1. The number of hydrogen-bond donors (Lipinski definition) is 1. The highest BCUT2D eigenvalue weighted by molar-refractivity contribution is 5.85. The van der Waals surface area contributed by atoms with E-state index < -0.39 is 0 Å². The molecule has 0 aromatic heterocycles. The SMILES string of the molecule is CCN1CCCC1CN(C)C(=O)Cc1ccc(N)cc1.Cl.Cl. The van der Waals surface area contributed by atoms with Gasteiger partial charge in [0.15, 0.2) is 0 Å². The Morgan fingerprint density at radius 3 is 2.55 bits per heavy atom. The van der Waals surface area contributed by atoms with Crippen LogP contribution in [0.3, 0.4) is 0 Å². The van der Waals surface area contributed by atoms with Gasteiger partial charge in [-0.2, -0.15) is 0 Å². The molecule has 0 radical (unpaired) electrons. The van der Waals surface area contributed by atoms with Crippen LogP contribution in [0.1, 0.15) is 25.3 Å². The van der Waals surface area contributed by atoms with Crippen LogP contribution < -0.4 is 5.73 Å². The predicted octanol–water partition coefficient (Wildman–Crippen LogP) is 2.60. The number of carbonyl (C=O) groups is 1. The Morgan fingerprint density at radius 1 is 1.32 bits per heavy atom. The minimum Gasteiger partial charge on any atom is -0.399 e. The van der Waals surface area contributed by atoms with Gasteiger partial charge in [0.2, 0.25) is 5.91 Å². The fraction of sp³-hybridized carbons (Fsp3) is 0.562. The van der Waals surface area contributed by atoms with Crippen molar-refractivity contribution in [1.82, 2.24) is 9.80 Å². The van der Waals surface area contributed by atoms with Gasteiger partial charge in [-0.3, -0.25) is 9.69 Å². The summed E-state index contributed by atoms with van der Waals surface area (Å²) in [6, 6.07) is 8.07. The summed E-state index contributed by atoms with van der Waals surface area (Å²) in [6.07, 6.45) is 2.90. The van der Waals surface area contributed by atoms with E-state index in [1.165, 1.54) is 19.4 Å². The standard InChI is InChI=1S/C16H25N3O.2ClH/c1-3-19-10-4-5-15(19)12-18(2)16(20)11-13-6-8-14(17)9-7-13;;/h6-9,15H,3-5,10-12,17H2,1-2H3;2*1H. The van der Waals surface area contributed by atoms with Crippen LogP contribution in [-0.2, 0) is 11.2 Å². The molecule has 4 nitrogen and oxygen atoms in total. The fourth-order valence-electron chi connectivity index (χ4n) is 2.88. The van der Waals surface area contributed by atoms with Gasteiger partial charge in [0.1, 0.15) is 0 Å². The smallest absolute Gasteiger partial charge is 0.226 e. The molecule has 1 saturated heterocycles. The van der Waals surface area contributed by atoms with Crippen LogP contribution in [0.2, 0.25) is 0 Å². The van der Waals surface area contributed by atoms with Gasteiger partial charge >= 0.3 is 0 Å². The highest BCUT2D eigenvalue weighted by Gasteiger charge is 2.25. The van der Waals surface area contributed by atoms with Crippen LogP contribution in [0.4, 0.5) is 5.69 Å². The summed E-state index contributed by atoms with van der Waals surface area (Å²) in [7, 11) is 1.91. The highest BCUT2D eigenvalue weighted by atomic mass is 35.5. The summed E-state index contributed by atoms with van der Waals surface area (Å²) in [5.41, 5.74) is 7.41. The molecular weight excluding hydrogens is 321 g/mol. The summed E-state index contributed by atoms with van der Waals surface area (Å²) in [6.45, 7) is 5.27. The number of hydrogen-bond acceptors (Lipinski definition) is 3. The third kappa shape index (κ3) is 5.67. The topological polar surface area (TPSA) is 49.6 Å². The number of anilines is 1. The molecule has 6 heteroatoms. The molecular formula is C16H27Cl2N3O. The second-order valence-corrected chi connectivity index (χ2v) is 5.62. The van der Waals surface area contributed by atoms with Gasteiger partial charge in [-0.1, -0.05) is 19.1 Å². The van der Waals surface area contributed by atoms with Gasteiger partial charge in [0.25, 0.3) is 0 Å². The third-order valence-electron chi connectivity index (χ3n) is 4.15. The Hall–Kier alpha value is -0.970. The number of benzene rings is 1. The first-order chi connectivity index (χ1) is 9.60. The second kappa shape index (κ2) is 9.93. The van der Waals surface area contributed by atoms with Gasteiger partial charge in [0.05, 0.1) is 6.42 Å². The molecule has 0 aliphatic carbocycles. The maximum absolute atomic E-state index is 12.3. The van der Waals surface area contributed by atoms with Crippen LogP contribution >= 0.6 is 24.8 Å². The van der Waals surface area contributed by atoms with Crippen LogP contribution in [0.5, 0.6) is 0 Å². The maximum atomic E-state index is 12.3. The van der Waals surface area contributed by atoms with E-state index in [4.69, 9.17) is 5.73 Å². The zero-order chi connectivity index (χ0) is 14.5. The minimum absolute atomic E-state index is 0. The quantitative estimate of drug-likeness (QED) is 0.832. The van der Waals surface area contributed by atoms with Gasteiger partial charge < -0.3 is 10.6 Å². The Morgan fingerprint density at radius 2 is 1.95 bits per heavy atom. The number of carbonyl (C=O) groups excluding carboxylic acids is 1. The normalized spacial score (nSPS) is 17.5. The molecule has 1 amide bonds. The molecule has 0 saturated carbocycles. The monoisotopic (exact) mass is 347 g/mol. The van der Waals surface area contributed by atoms with Gasteiger partial charge in [0, 0.05) is 25.3 Å². The van der Waals surface area contributed by atoms with Gasteiger partial charge in [-0.25, -0.2) is 0 Å². The molecule has 2 N–H and O–H groups in total. The average molecular weight is 348 g/mol. The van der Waals surface area contributed by atoms with Crippen molar-refractivity contribution < 1.29 is 4.79 Å². The molecule has 22 heavy (non-hydrogen) atoms. The minimum atomic E-state index is 0. The maximum Gasteiger partial charge on any atom is 0.226 e. The van der Waals surface area contributed by atoms with Crippen molar-refractivity contribution in [3.63, 3.8) is 0 Å². The number of rotatable bonds is 5. The lowest BCUT2D eigenvalue weighted by Gasteiger charge is -2.27. The average Bonchev–Trinajstić information content (AvgIpc) is 2.88. The van der Waals surface area contributed by atoms with E-state index in [0.29, 0.717) is 12.5 Å². The Kier molecular flexibility index (Phi) is 9.49. The number of nitrogens with zero attached hydrogens (tertiary/aromatic N) is 2. The van der Waals surface area contributed by atoms with Crippen molar-refractivity contribution in [3.8, 4) is 0 Å². The van der Waals surface area contributed by atoms with Crippen molar-refractivity contribution in [2.45, 2.75) is 32.2 Å². The van der Waals surface area contributed by atoms with Crippen LogP contribution in [0.25, 0.3) is 0 Å². The van der Waals surface area contributed by atoms with Crippen LogP contribution in [0, 0.1) is 0 Å². The van der Waals surface area contributed by atoms with Crippen molar-refractivity contribution in [1.29, 1.82) is 0 Å². The molecule has 1 atom stereocenters. The Bertz CT molecular complexity index is 453. The molecule has 1 heterocycles. The molecule has 1 aliphatic rings. The van der Waals surface area contributed by atoms with Crippen molar-refractivity contribution >= 4 is 36.4 Å². The second-order valence-electron chi connectivity index (χ2n) is 5.62. The molecule has 0 bridgehead atoms. The van der Waals surface area contributed by atoms with Crippen LogP contribution in [-0.4, -0.2) is 48.4 Å². The number of nitrogens with two attached hydrogens (primary N) is 1. The van der Waals surface area contributed by atoms with E-state index in [2.05, 4.69) is 11.8 Å². The van der Waals surface area contributed by atoms with Crippen LogP contribution in [0.15, 0.2) is 24.3 Å². The zero-order valence-corrected chi connectivity index (χ0v) is 15.0. The number of amides is 1. The first-order valence-corrected chi connectivity index (χ1v) is 7.42. The molecule has 1 fully saturated rings. The van der Waals surface area contributed by atoms with E-state index >= 15 is 0 Å². The lowest BCUT2D eigenvalue weighted by molar-refractivity contribution is -0.129. The molecule has 1 aliphatic heterocycles. The van der Waals surface area contributed by atoms with E-state index in [-0.39, 0.29) is 30.7 Å². The highest BCUT2D eigenvalue weighted by Crippen LogP contribution is 2.17. The first-order valence-electron chi connectivity index (χ1n) is 7.42. The Balaban J connectivity index is 0.00000220. The predicted molar refractivity (Wildman–Crippen MR) is 97.0 cm³/mol. The first kappa shape index (κ1) is 21.0. The molecule has 1 aromatic rings. The fourth-order valence-corrected chi connectivity index (χ4v) is 2.88. The van der Waals surface area contributed by atoms with Crippen molar-refractivity contribution in [2.75, 3.05) is 32.4 Å². The van der Waals surface area contributed by atoms with E-state index in [9.17, 15) is 4.79 Å². The van der Waals surface area contributed by atoms with Crippen molar-refractivity contribution in [2.24, 2.45) is 0 Å². The summed E-state index contributed by atoms with van der Waals surface area (Å²) in [5.74, 6) is 0.178. The summed E-state index contributed by atoms with van der Waals surface area (Å²) >= 11 is 0. The van der Waals surface area contributed by atoms with Gasteiger partial charge in [-0.05, 0) is 43.6 Å². The van der Waals surface area contributed by atoms with Gasteiger partial charge in [-0.15, -0.1) is 24.8 Å². The zero-order valence-electron chi connectivity index (χ0n) is 13.3.